The van der Waals surface area contributed by atoms with Crippen molar-refractivity contribution in [2.45, 2.75) is 6.18 Å². The molecule has 1 rings (SSSR count). The minimum atomic E-state index is -4.72. The van der Waals surface area contributed by atoms with E-state index in [0.29, 0.717) is 6.07 Å². The fraction of sp³-hybridized carbons (Fsp3) is 0.125. The molecular formula is C8H6F4N2O. The van der Waals surface area contributed by atoms with Crippen molar-refractivity contribution in [2.24, 2.45) is 5.73 Å². The van der Waals surface area contributed by atoms with Crippen LogP contribution in [0.3, 0.4) is 0 Å². The first kappa shape index (κ1) is 11.3. The Morgan fingerprint density at radius 3 is 2.13 bits per heavy atom. The largest absolute Gasteiger partial charge is 0.416 e. The van der Waals surface area contributed by atoms with Crippen LogP contribution in [-0.4, -0.2) is 5.91 Å². The van der Waals surface area contributed by atoms with Crippen LogP contribution in [0, 0.1) is 5.82 Å². The lowest BCUT2D eigenvalue weighted by Gasteiger charge is -2.10. The lowest BCUT2D eigenvalue weighted by Crippen LogP contribution is -2.17. The zero-order chi connectivity index (χ0) is 11.8. The number of benzene rings is 1. The minimum Gasteiger partial charge on any atom is -0.398 e. The van der Waals surface area contributed by atoms with Crippen molar-refractivity contribution in [3.8, 4) is 0 Å². The molecule has 0 aliphatic carbocycles. The van der Waals surface area contributed by atoms with Crippen LogP contribution in [0.1, 0.15) is 15.9 Å². The van der Waals surface area contributed by atoms with Gasteiger partial charge in [-0.15, -0.1) is 0 Å². The zero-order valence-electron chi connectivity index (χ0n) is 7.23. The number of nitrogen functional groups attached to an aromatic ring is 1. The SMILES string of the molecule is NC(=O)c1c(N)cc(C(F)(F)F)cc1F. The highest BCUT2D eigenvalue weighted by molar-refractivity contribution is 5.98. The third-order valence-corrected chi connectivity index (χ3v) is 1.69. The van der Waals surface area contributed by atoms with Gasteiger partial charge in [0.25, 0.3) is 5.91 Å². The van der Waals surface area contributed by atoms with Gasteiger partial charge in [-0.05, 0) is 12.1 Å². The molecule has 15 heavy (non-hydrogen) atoms. The van der Waals surface area contributed by atoms with Gasteiger partial charge in [0, 0.05) is 5.69 Å². The number of carbonyl (C=O) groups excluding carboxylic acids is 1. The van der Waals surface area contributed by atoms with E-state index in [4.69, 9.17) is 11.5 Å². The molecule has 1 aromatic carbocycles. The normalized spacial score (nSPS) is 11.5. The molecule has 0 saturated heterocycles. The maximum absolute atomic E-state index is 13.0. The Hall–Kier alpha value is -1.79. The van der Waals surface area contributed by atoms with Crippen molar-refractivity contribution < 1.29 is 22.4 Å². The summed E-state index contributed by atoms with van der Waals surface area (Å²) in [6.45, 7) is 0. The Bertz CT molecular complexity index is 391. The Kier molecular flexibility index (Phi) is 2.57. The molecule has 0 fully saturated rings. The average molecular weight is 222 g/mol. The van der Waals surface area contributed by atoms with E-state index in [9.17, 15) is 22.4 Å². The van der Waals surface area contributed by atoms with Crippen LogP contribution < -0.4 is 11.5 Å². The van der Waals surface area contributed by atoms with Crippen molar-refractivity contribution in [2.75, 3.05) is 5.73 Å². The number of amides is 1. The van der Waals surface area contributed by atoms with Crippen LogP contribution in [0.15, 0.2) is 12.1 Å². The molecule has 7 heteroatoms. The van der Waals surface area contributed by atoms with Crippen molar-refractivity contribution >= 4 is 11.6 Å². The van der Waals surface area contributed by atoms with Gasteiger partial charge in [-0.2, -0.15) is 13.2 Å². The van der Waals surface area contributed by atoms with Gasteiger partial charge in [0.15, 0.2) is 0 Å². The van der Waals surface area contributed by atoms with Crippen LogP contribution in [0.25, 0.3) is 0 Å². The second-order valence-electron chi connectivity index (χ2n) is 2.78. The van der Waals surface area contributed by atoms with E-state index in [2.05, 4.69) is 0 Å². The first-order chi connectivity index (χ1) is 6.73. The third kappa shape index (κ3) is 2.17. The van der Waals surface area contributed by atoms with E-state index < -0.39 is 34.7 Å². The molecule has 0 spiro atoms. The van der Waals surface area contributed by atoms with Crippen LogP contribution in [-0.2, 0) is 6.18 Å². The predicted molar refractivity (Wildman–Crippen MR) is 44.3 cm³/mol. The molecule has 0 unspecified atom stereocenters. The van der Waals surface area contributed by atoms with Crippen LogP contribution >= 0.6 is 0 Å². The summed E-state index contributed by atoms with van der Waals surface area (Å²) in [7, 11) is 0. The van der Waals surface area contributed by atoms with Gasteiger partial charge < -0.3 is 11.5 Å². The molecule has 3 nitrogen and oxygen atoms in total. The molecule has 0 aliphatic heterocycles. The highest BCUT2D eigenvalue weighted by atomic mass is 19.4. The average Bonchev–Trinajstić information content (AvgIpc) is 1.99. The molecule has 82 valence electrons. The van der Waals surface area contributed by atoms with Gasteiger partial charge in [0.2, 0.25) is 0 Å². The smallest absolute Gasteiger partial charge is 0.398 e. The number of primary amides is 1. The van der Waals surface area contributed by atoms with Gasteiger partial charge >= 0.3 is 6.18 Å². The van der Waals surface area contributed by atoms with Gasteiger partial charge in [-0.3, -0.25) is 4.79 Å². The van der Waals surface area contributed by atoms with Gasteiger partial charge in [-0.25, -0.2) is 4.39 Å². The van der Waals surface area contributed by atoms with Crippen molar-refractivity contribution in [1.29, 1.82) is 0 Å². The minimum absolute atomic E-state index is 0.177. The Morgan fingerprint density at radius 2 is 1.80 bits per heavy atom. The Balaban J connectivity index is 3.39. The Morgan fingerprint density at radius 1 is 1.27 bits per heavy atom. The molecule has 1 amide bonds. The molecule has 4 N–H and O–H groups in total. The van der Waals surface area contributed by atoms with Crippen LogP contribution in [0.5, 0.6) is 0 Å². The summed E-state index contributed by atoms with van der Waals surface area (Å²) in [5, 5.41) is 0. The predicted octanol–water partition coefficient (Wildman–Crippen LogP) is 1.53. The molecule has 0 radical (unpaired) electrons. The summed E-state index contributed by atoms with van der Waals surface area (Å²) in [6, 6.07) is 0.639. The van der Waals surface area contributed by atoms with Gasteiger partial charge in [0.1, 0.15) is 5.82 Å². The maximum atomic E-state index is 13.0. The summed E-state index contributed by atoms with van der Waals surface area (Å²) in [6.07, 6.45) is -4.72. The number of hydrogen-bond acceptors (Lipinski definition) is 2. The van der Waals surface area contributed by atoms with E-state index in [1.165, 1.54) is 0 Å². The molecular weight excluding hydrogens is 216 g/mol. The topological polar surface area (TPSA) is 69.1 Å². The van der Waals surface area contributed by atoms with Gasteiger partial charge in [0.05, 0.1) is 11.1 Å². The standard InChI is InChI=1S/C8H6F4N2O/c9-4-1-3(8(10,11)12)2-5(13)6(4)7(14)15/h1-2H,13H2,(H2,14,15). The quantitative estimate of drug-likeness (QED) is 0.558. The first-order valence-corrected chi connectivity index (χ1v) is 3.69. The lowest BCUT2D eigenvalue weighted by molar-refractivity contribution is -0.137. The summed E-state index contributed by atoms with van der Waals surface area (Å²) in [5.74, 6) is -2.59. The number of halogens is 4. The molecule has 1 aromatic rings. The molecule has 0 heterocycles. The summed E-state index contributed by atoms with van der Waals surface area (Å²) >= 11 is 0. The zero-order valence-corrected chi connectivity index (χ0v) is 7.23. The van der Waals surface area contributed by atoms with E-state index in [1.807, 2.05) is 0 Å². The summed E-state index contributed by atoms with van der Waals surface area (Å²) in [5.41, 5.74) is 7.19. The molecule has 0 aromatic heterocycles. The summed E-state index contributed by atoms with van der Waals surface area (Å²) < 4.78 is 49.4. The monoisotopic (exact) mass is 222 g/mol. The maximum Gasteiger partial charge on any atom is 0.416 e. The van der Waals surface area contributed by atoms with Crippen LogP contribution in [0.2, 0.25) is 0 Å². The second kappa shape index (κ2) is 3.41. The van der Waals surface area contributed by atoms with Crippen molar-refractivity contribution in [1.82, 2.24) is 0 Å². The van der Waals surface area contributed by atoms with Crippen LogP contribution in [0.4, 0.5) is 23.2 Å². The fourth-order valence-corrected chi connectivity index (χ4v) is 1.05. The van der Waals surface area contributed by atoms with E-state index in [1.54, 1.807) is 0 Å². The molecule has 0 atom stereocenters. The summed E-state index contributed by atoms with van der Waals surface area (Å²) in [4.78, 5) is 10.6. The number of hydrogen-bond donors (Lipinski definition) is 2. The number of alkyl halides is 3. The van der Waals surface area contributed by atoms with Crippen molar-refractivity contribution in [3.05, 3.63) is 29.1 Å². The number of anilines is 1. The highest BCUT2D eigenvalue weighted by Gasteiger charge is 2.32. The fourth-order valence-electron chi connectivity index (χ4n) is 1.05. The lowest BCUT2D eigenvalue weighted by atomic mass is 10.1. The van der Waals surface area contributed by atoms with E-state index >= 15 is 0 Å². The Labute approximate surface area is 81.7 Å². The molecule has 0 aliphatic rings. The highest BCUT2D eigenvalue weighted by Crippen LogP contribution is 2.32. The van der Waals surface area contributed by atoms with E-state index in [0.717, 1.165) is 0 Å². The second-order valence-corrected chi connectivity index (χ2v) is 2.78. The number of nitrogens with two attached hydrogens (primary N) is 2. The first-order valence-electron chi connectivity index (χ1n) is 3.69. The molecule has 0 saturated carbocycles. The third-order valence-electron chi connectivity index (χ3n) is 1.69. The number of carbonyl (C=O) groups is 1. The van der Waals surface area contributed by atoms with Gasteiger partial charge in [-0.1, -0.05) is 0 Å². The number of rotatable bonds is 1. The molecule has 0 bridgehead atoms. The van der Waals surface area contributed by atoms with Crippen molar-refractivity contribution in [3.63, 3.8) is 0 Å². The van der Waals surface area contributed by atoms with E-state index in [-0.39, 0.29) is 6.07 Å².